The molecular weight excluding hydrogens is 360 g/mol. The summed E-state index contributed by atoms with van der Waals surface area (Å²) < 4.78 is 0. The highest BCUT2D eigenvalue weighted by Crippen LogP contribution is 2.29. The molecule has 0 spiro atoms. The molecule has 0 unspecified atom stereocenters. The van der Waals surface area contributed by atoms with Gasteiger partial charge >= 0.3 is 0 Å². The van der Waals surface area contributed by atoms with Crippen LogP contribution in [0.4, 0.5) is 11.5 Å². The van der Waals surface area contributed by atoms with Crippen molar-refractivity contribution in [3.63, 3.8) is 0 Å². The number of benzene rings is 2. The number of nitrogens with zero attached hydrogens (tertiary/aromatic N) is 1. The molecular formula is C24H28N4O. The first-order chi connectivity index (χ1) is 13.8. The van der Waals surface area contributed by atoms with Crippen molar-refractivity contribution in [2.24, 2.45) is 0 Å². The van der Waals surface area contributed by atoms with Crippen LogP contribution in [0.25, 0.3) is 11.1 Å². The molecule has 0 saturated heterocycles. The predicted molar refractivity (Wildman–Crippen MR) is 120 cm³/mol. The third kappa shape index (κ3) is 4.40. The van der Waals surface area contributed by atoms with Crippen molar-refractivity contribution in [2.75, 3.05) is 18.1 Å². The Labute approximate surface area is 172 Å². The van der Waals surface area contributed by atoms with Gasteiger partial charge in [-0.05, 0) is 68.1 Å². The second kappa shape index (κ2) is 8.35. The first kappa shape index (κ1) is 20.4. The van der Waals surface area contributed by atoms with Gasteiger partial charge in [-0.15, -0.1) is 0 Å². The fraction of sp³-hybridized carbons (Fsp3) is 0.250. The number of nitrogens with one attached hydrogen (secondary N) is 2. The quantitative estimate of drug-likeness (QED) is 0.600. The lowest BCUT2D eigenvalue weighted by Crippen LogP contribution is -2.25. The van der Waals surface area contributed by atoms with Gasteiger partial charge in [-0.25, -0.2) is 4.98 Å². The van der Waals surface area contributed by atoms with Crippen LogP contribution in [0, 0.1) is 27.7 Å². The highest BCUT2D eigenvalue weighted by atomic mass is 16.1. The predicted octanol–water partition coefficient (Wildman–Crippen LogP) is 4.54. The lowest BCUT2D eigenvalue weighted by atomic mass is 9.96. The van der Waals surface area contributed by atoms with Crippen LogP contribution < -0.4 is 16.4 Å². The normalized spacial score (nSPS) is 10.7. The Hall–Kier alpha value is -3.34. The monoisotopic (exact) mass is 388 g/mol. The molecule has 1 heterocycles. The number of carbonyl (C=O) groups excluding carboxylic acids is 1. The van der Waals surface area contributed by atoms with E-state index < -0.39 is 0 Å². The largest absolute Gasteiger partial charge is 0.388 e. The molecule has 0 atom stereocenters. The number of carbonyl (C=O) groups is 1. The molecule has 4 N–H and O–H groups in total. The van der Waals surface area contributed by atoms with Crippen molar-refractivity contribution in [2.45, 2.75) is 34.2 Å². The lowest BCUT2D eigenvalue weighted by molar-refractivity contribution is 0.0950. The number of aromatic nitrogens is 1. The molecule has 1 amide bonds. The van der Waals surface area contributed by atoms with Crippen LogP contribution in [0.5, 0.6) is 0 Å². The van der Waals surface area contributed by atoms with Gasteiger partial charge in [0.2, 0.25) is 0 Å². The van der Waals surface area contributed by atoms with Crippen molar-refractivity contribution in [1.29, 1.82) is 0 Å². The second-order valence-corrected chi connectivity index (χ2v) is 7.44. The zero-order valence-corrected chi connectivity index (χ0v) is 17.7. The van der Waals surface area contributed by atoms with Gasteiger partial charge in [-0.3, -0.25) is 4.79 Å². The van der Waals surface area contributed by atoms with E-state index in [1.165, 1.54) is 5.56 Å². The topological polar surface area (TPSA) is 80.0 Å². The third-order valence-electron chi connectivity index (χ3n) is 5.24. The second-order valence-electron chi connectivity index (χ2n) is 7.44. The van der Waals surface area contributed by atoms with Gasteiger partial charge < -0.3 is 16.4 Å². The number of anilines is 2. The first-order valence-electron chi connectivity index (χ1n) is 9.70. The van der Waals surface area contributed by atoms with E-state index in [4.69, 9.17) is 5.73 Å². The molecule has 0 aliphatic rings. The number of aryl methyl sites for hydroxylation is 3. The summed E-state index contributed by atoms with van der Waals surface area (Å²) in [5.41, 5.74) is 14.6. The summed E-state index contributed by atoms with van der Waals surface area (Å²) in [4.78, 5) is 17.3. The van der Waals surface area contributed by atoms with Crippen LogP contribution in [-0.4, -0.2) is 17.9 Å². The Balaban J connectivity index is 1.92. The average Bonchev–Trinajstić information content (AvgIpc) is 2.67. The molecule has 2 aromatic carbocycles. The molecule has 0 saturated carbocycles. The highest BCUT2D eigenvalue weighted by molar-refractivity contribution is 5.98. The van der Waals surface area contributed by atoms with E-state index in [0.29, 0.717) is 17.9 Å². The molecule has 3 rings (SSSR count). The minimum Gasteiger partial charge on any atom is -0.388 e. The Bertz CT molecular complexity index is 1030. The van der Waals surface area contributed by atoms with E-state index >= 15 is 0 Å². The fourth-order valence-electron chi connectivity index (χ4n) is 3.51. The lowest BCUT2D eigenvalue weighted by Gasteiger charge is -2.16. The Morgan fingerprint density at radius 1 is 1.00 bits per heavy atom. The number of hydrogen-bond donors (Lipinski definition) is 3. The van der Waals surface area contributed by atoms with E-state index in [1.807, 2.05) is 40.0 Å². The smallest absolute Gasteiger partial charge is 0.251 e. The minimum atomic E-state index is -0.132. The number of amides is 1. The van der Waals surface area contributed by atoms with Crippen LogP contribution in [-0.2, 0) is 6.54 Å². The maximum absolute atomic E-state index is 13.0. The molecule has 0 aliphatic carbocycles. The summed E-state index contributed by atoms with van der Waals surface area (Å²) in [6.45, 7) is 8.24. The Morgan fingerprint density at radius 3 is 2.31 bits per heavy atom. The van der Waals surface area contributed by atoms with Gasteiger partial charge in [0.15, 0.2) is 0 Å². The maximum Gasteiger partial charge on any atom is 0.251 e. The summed E-state index contributed by atoms with van der Waals surface area (Å²) in [6.07, 6.45) is 0. The molecule has 3 aromatic rings. The van der Waals surface area contributed by atoms with Gasteiger partial charge in [0.1, 0.15) is 5.82 Å². The summed E-state index contributed by atoms with van der Waals surface area (Å²) in [5, 5.41) is 6.21. The van der Waals surface area contributed by atoms with E-state index in [2.05, 4.69) is 52.9 Å². The molecule has 150 valence electrons. The zero-order chi connectivity index (χ0) is 21.1. The summed E-state index contributed by atoms with van der Waals surface area (Å²) in [6, 6.07) is 14.3. The first-order valence-corrected chi connectivity index (χ1v) is 9.70. The molecule has 5 nitrogen and oxygen atoms in total. The zero-order valence-electron chi connectivity index (χ0n) is 17.7. The van der Waals surface area contributed by atoms with Crippen molar-refractivity contribution >= 4 is 17.4 Å². The van der Waals surface area contributed by atoms with Gasteiger partial charge in [0, 0.05) is 36.1 Å². The van der Waals surface area contributed by atoms with Crippen molar-refractivity contribution in [3.05, 3.63) is 76.0 Å². The molecule has 0 fully saturated rings. The van der Waals surface area contributed by atoms with E-state index in [0.717, 1.165) is 39.2 Å². The number of nitrogens with two attached hydrogens (primary N) is 1. The van der Waals surface area contributed by atoms with E-state index in [1.54, 1.807) is 0 Å². The standard InChI is InChI=1S/C24H28N4O/c1-14-6-8-18(9-7-14)19-11-20(17(4)22(12-19)26-5)24(29)27-13-21-15(2)10-16(3)28-23(21)25/h6-12,26H,13H2,1-5H3,(H2,25,28)(H,27,29). The number of rotatable bonds is 5. The Kier molecular flexibility index (Phi) is 5.87. The van der Waals surface area contributed by atoms with Gasteiger partial charge in [-0.1, -0.05) is 29.8 Å². The van der Waals surface area contributed by atoms with Crippen LogP contribution in [0.2, 0.25) is 0 Å². The summed E-state index contributed by atoms with van der Waals surface area (Å²) in [5.74, 6) is 0.330. The van der Waals surface area contributed by atoms with E-state index in [-0.39, 0.29) is 5.91 Å². The molecule has 0 bridgehead atoms. The van der Waals surface area contributed by atoms with Crippen molar-refractivity contribution in [3.8, 4) is 11.1 Å². The van der Waals surface area contributed by atoms with Crippen LogP contribution in [0.3, 0.4) is 0 Å². The minimum absolute atomic E-state index is 0.132. The number of pyridine rings is 1. The van der Waals surface area contributed by atoms with Crippen LogP contribution >= 0.6 is 0 Å². The van der Waals surface area contributed by atoms with Crippen LogP contribution in [0.1, 0.15) is 38.3 Å². The maximum atomic E-state index is 13.0. The summed E-state index contributed by atoms with van der Waals surface area (Å²) >= 11 is 0. The fourth-order valence-corrected chi connectivity index (χ4v) is 3.51. The molecule has 1 aromatic heterocycles. The van der Waals surface area contributed by atoms with Crippen molar-refractivity contribution < 1.29 is 4.79 Å². The third-order valence-corrected chi connectivity index (χ3v) is 5.24. The summed E-state index contributed by atoms with van der Waals surface area (Å²) in [7, 11) is 1.87. The number of nitrogen functional groups attached to an aromatic ring is 1. The highest BCUT2D eigenvalue weighted by Gasteiger charge is 2.15. The van der Waals surface area contributed by atoms with Gasteiger partial charge in [0.05, 0.1) is 0 Å². The Morgan fingerprint density at radius 2 is 1.69 bits per heavy atom. The molecule has 0 aliphatic heterocycles. The van der Waals surface area contributed by atoms with Crippen molar-refractivity contribution in [1.82, 2.24) is 10.3 Å². The number of hydrogen-bond acceptors (Lipinski definition) is 4. The van der Waals surface area contributed by atoms with Gasteiger partial charge in [0.25, 0.3) is 5.91 Å². The molecule has 5 heteroatoms. The SMILES string of the molecule is CNc1cc(-c2ccc(C)cc2)cc(C(=O)NCc2c(C)cc(C)nc2N)c1C. The average molecular weight is 389 g/mol. The van der Waals surface area contributed by atoms with Crippen LogP contribution in [0.15, 0.2) is 42.5 Å². The molecule has 0 radical (unpaired) electrons. The van der Waals surface area contributed by atoms with E-state index in [9.17, 15) is 4.79 Å². The molecule has 29 heavy (non-hydrogen) atoms. The van der Waals surface area contributed by atoms with Gasteiger partial charge in [-0.2, -0.15) is 0 Å².